The molecule has 0 aliphatic rings. The largest absolute Gasteiger partial charge is 0.496 e. The van der Waals surface area contributed by atoms with Crippen LogP contribution in [0.25, 0.3) is 0 Å². The molecule has 0 saturated heterocycles. The Morgan fingerprint density at radius 3 is 2.53 bits per heavy atom. The molecule has 0 fully saturated rings. The Labute approximate surface area is 121 Å². The van der Waals surface area contributed by atoms with E-state index in [4.69, 9.17) is 15.2 Å². The molecule has 0 heterocycles. The van der Waals surface area contributed by atoms with Crippen LogP contribution in [-0.2, 0) is 6.61 Å². The van der Waals surface area contributed by atoms with Crippen LogP contribution in [0.5, 0.6) is 11.5 Å². The maximum Gasteiger partial charge on any atom is 0.125 e. The number of rotatable bonds is 4. The van der Waals surface area contributed by atoms with Crippen molar-refractivity contribution in [3.63, 3.8) is 0 Å². The van der Waals surface area contributed by atoms with Gasteiger partial charge in [0.1, 0.15) is 18.1 Å². The molecule has 0 aliphatic heterocycles. The highest BCUT2D eigenvalue weighted by molar-refractivity contribution is 9.10. The van der Waals surface area contributed by atoms with Gasteiger partial charge in [-0.25, -0.2) is 0 Å². The number of aryl methyl sites for hydroxylation is 1. The number of hydrogen-bond donors (Lipinski definition) is 1. The van der Waals surface area contributed by atoms with Gasteiger partial charge in [-0.2, -0.15) is 0 Å². The first-order valence-corrected chi connectivity index (χ1v) is 6.71. The highest BCUT2D eigenvalue weighted by Crippen LogP contribution is 2.26. The molecular formula is C15H16BrNO2. The summed E-state index contributed by atoms with van der Waals surface area (Å²) in [7, 11) is 1.65. The smallest absolute Gasteiger partial charge is 0.125 e. The van der Waals surface area contributed by atoms with Gasteiger partial charge >= 0.3 is 0 Å². The molecule has 19 heavy (non-hydrogen) atoms. The van der Waals surface area contributed by atoms with E-state index in [1.54, 1.807) is 7.11 Å². The average Bonchev–Trinajstić information content (AvgIpc) is 2.38. The van der Waals surface area contributed by atoms with Gasteiger partial charge in [-0.3, -0.25) is 0 Å². The minimum Gasteiger partial charge on any atom is -0.496 e. The van der Waals surface area contributed by atoms with Crippen molar-refractivity contribution >= 4 is 21.6 Å². The molecule has 2 aromatic carbocycles. The summed E-state index contributed by atoms with van der Waals surface area (Å²) in [5.74, 6) is 1.65. The van der Waals surface area contributed by atoms with Gasteiger partial charge in [0.25, 0.3) is 0 Å². The third-order valence-corrected chi connectivity index (χ3v) is 3.32. The summed E-state index contributed by atoms with van der Waals surface area (Å²) in [6, 6.07) is 11.5. The number of ether oxygens (including phenoxy) is 2. The summed E-state index contributed by atoms with van der Waals surface area (Å²) in [6.45, 7) is 2.43. The summed E-state index contributed by atoms with van der Waals surface area (Å²) in [5.41, 5.74) is 8.47. The first-order valence-electron chi connectivity index (χ1n) is 5.91. The van der Waals surface area contributed by atoms with E-state index in [2.05, 4.69) is 15.9 Å². The SMILES string of the molecule is COc1ccc(Br)cc1COc1ccc(N)cc1C. The Morgan fingerprint density at radius 1 is 1.11 bits per heavy atom. The first kappa shape index (κ1) is 13.7. The summed E-state index contributed by atoms with van der Waals surface area (Å²) in [5, 5.41) is 0. The number of nitrogens with two attached hydrogens (primary N) is 1. The van der Waals surface area contributed by atoms with E-state index in [0.717, 1.165) is 32.8 Å². The molecule has 0 spiro atoms. The highest BCUT2D eigenvalue weighted by Gasteiger charge is 2.06. The second kappa shape index (κ2) is 5.97. The standard InChI is InChI=1S/C15H16BrNO2/c1-10-7-13(17)4-6-14(10)19-9-11-8-12(16)3-5-15(11)18-2/h3-8H,9,17H2,1-2H3. The van der Waals surface area contributed by atoms with Crippen LogP contribution in [0.1, 0.15) is 11.1 Å². The van der Waals surface area contributed by atoms with Crippen LogP contribution in [-0.4, -0.2) is 7.11 Å². The van der Waals surface area contributed by atoms with Gasteiger partial charge in [0.05, 0.1) is 7.11 Å². The zero-order valence-electron chi connectivity index (χ0n) is 10.9. The Hall–Kier alpha value is -1.68. The van der Waals surface area contributed by atoms with Crippen molar-refractivity contribution in [2.45, 2.75) is 13.5 Å². The molecule has 0 saturated carbocycles. The fourth-order valence-corrected chi connectivity index (χ4v) is 2.26. The fourth-order valence-electron chi connectivity index (χ4n) is 1.85. The van der Waals surface area contributed by atoms with E-state index < -0.39 is 0 Å². The molecule has 0 atom stereocenters. The van der Waals surface area contributed by atoms with E-state index in [9.17, 15) is 0 Å². The number of anilines is 1. The molecule has 0 bridgehead atoms. The van der Waals surface area contributed by atoms with Crippen LogP contribution in [0.15, 0.2) is 40.9 Å². The second-order valence-corrected chi connectivity index (χ2v) is 5.19. The summed E-state index contributed by atoms with van der Waals surface area (Å²) < 4.78 is 12.1. The van der Waals surface area contributed by atoms with Crippen molar-refractivity contribution in [2.24, 2.45) is 0 Å². The number of benzene rings is 2. The monoisotopic (exact) mass is 321 g/mol. The number of hydrogen-bond acceptors (Lipinski definition) is 3. The van der Waals surface area contributed by atoms with Gasteiger partial charge in [0.2, 0.25) is 0 Å². The van der Waals surface area contributed by atoms with E-state index in [1.807, 2.05) is 43.3 Å². The van der Waals surface area contributed by atoms with Crippen LogP contribution < -0.4 is 15.2 Å². The van der Waals surface area contributed by atoms with Gasteiger partial charge in [-0.15, -0.1) is 0 Å². The zero-order chi connectivity index (χ0) is 13.8. The minimum atomic E-state index is 0.452. The molecule has 100 valence electrons. The lowest BCUT2D eigenvalue weighted by Gasteiger charge is -2.12. The second-order valence-electron chi connectivity index (χ2n) is 4.27. The van der Waals surface area contributed by atoms with E-state index in [-0.39, 0.29) is 0 Å². The Morgan fingerprint density at radius 2 is 1.84 bits per heavy atom. The third-order valence-electron chi connectivity index (χ3n) is 2.82. The van der Waals surface area contributed by atoms with Crippen molar-refractivity contribution in [1.29, 1.82) is 0 Å². The highest BCUT2D eigenvalue weighted by atomic mass is 79.9. The normalized spacial score (nSPS) is 10.3. The number of nitrogen functional groups attached to an aromatic ring is 1. The zero-order valence-corrected chi connectivity index (χ0v) is 12.5. The first-order chi connectivity index (χ1) is 9.10. The van der Waals surface area contributed by atoms with Crippen molar-refractivity contribution in [3.8, 4) is 11.5 Å². The summed E-state index contributed by atoms with van der Waals surface area (Å²) in [4.78, 5) is 0. The molecule has 0 unspecified atom stereocenters. The number of methoxy groups -OCH3 is 1. The summed E-state index contributed by atoms with van der Waals surface area (Å²) >= 11 is 3.45. The lowest BCUT2D eigenvalue weighted by Crippen LogP contribution is -2.00. The fraction of sp³-hybridized carbons (Fsp3) is 0.200. The molecule has 4 heteroatoms. The third kappa shape index (κ3) is 3.41. The molecule has 2 aromatic rings. The van der Waals surface area contributed by atoms with Gasteiger partial charge < -0.3 is 15.2 Å². The van der Waals surface area contributed by atoms with Crippen LogP contribution in [0.3, 0.4) is 0 Å². The lowest BCUT2D eigenvalue weighted by atomic mass is 10.2. The molecule has 0 radical (unpaired) electrons. The Balaban J connectivity index is 2.16. The minimum absolute atomic E-state index is 0.452. The molecular weight excluding hydrogens is 306 g/mol. The van der Waals surface area contributed by atoms with Gasteiger partial charge in [0.15, 0.2) is 0 Å². The van der Waals surface area contributed by atoms with Gasteiger partial charge in [0, 0.05) is 15.7 Å². The van der Waals surface area contributed by atoms with Crippen molar-refractivity contribution in [3.05, 3.63) is 52.0 Å². The van der Waals surface area contributed by atoms with Crippen LogP contribution in [0.2, 0.25) is 0 Å². The van der Waals surface area contributed by atoms with E-state index in [1.165, 1.54) is 0 Å². The predicted octanol–water partition coefficient (Wildman–Crippen LogP) is 3.93. The van der Waals surface area contributed by atoms with E-state index >= 15 is 0 Å². The van der Waals surface area contributed by atoms with Crippen LogP contribution >= 0.6 is 15.9 Å². The predicted molar refractivity (Wildman–Crippen MR) is 80.6 cm³/mol. The Bertz CT molecular complexity index is 584. The molecule has 2 rings (SSSR count). The number of halogens is 1. The molecule has 0 aliphatic carbocycles. The van der Waals surface area contributed by atoms with Crippen molar-refractivity contribution < 1.29 is 9.47 Å². The quantitative estimate of drug-likeness (QED) is 0.868. The van der Waals surface area contributed by atoms with Gasteiger partial charge in [-0.1, -0.05) is 15.9 Å². The molecule has 2 N–H and O–H groups in total. The summed E-state index contributed by atoms with van der Waals surface area (Å²) in [6.07, 6.45) is 0. The Kier molecular flexibility index (Phi) is 4.32. The van der Waals surface area contributed by atoms with Crippen LogP contribution in [0, 0.1) is 6.92 Å². The maximum atomic E-state index is 5.82. The lowest BCUT2D eigenvalue weighted by molar-refractivity contribution is 0.295. The van der Waals surface area contributed by atoms with Crippen molar-refractivity contribution in [2.75, 3.05) is 12.8 Å². The van der Waals surface area contributed by atoms with Gasteiger partial charge in [-0.05, 0) is 48.9 Å². The average molecular weight is 322 g/mol. The maximum absolute atomic E-state index is 5.82. The topological polar surface area (TPSA) is 44.5 Å². The van der Waals surface area contributed by atoms with E-state index in [0.29, 0.717) is 6.61 Å². The van der Waals surface area contributed by atoms with Crippen molar-refractivity contribution in [1.82, 2.24) is 0 Å². The molecule has 3 nitrogen and oxygen atoms in total. The van der Waals surface area contributed by atoms with Crippen LogP contribution in [0.4, 0.5) is 5.69 Å². The molecule has 0 amide bonds. The molecule has 0 aromatic heterocycles.